The molecule has 0 N–H and O–H groups in total. The second kappa shape index (κ2) is 4.95. The third-order valence-corrected chi connectivity index (χ3v) is 2.44. The molecule has 1 heterocycles. The summed E-state index contributed by atoms with van der Waals surface area (Å²) < 4.78 is 22.7. The number of carbonyl (C=O) groups is 2. The molecule has 4 nitrogen and oxygen atoms in total. The van der Waals surface area contributed by atoms with Crippen LogP contribution in [0.5, 0.6) is 0 Å². The number of carbonyl (C=O) groups excluding carboxylic acids is 2. The summed E-state index contributed by atoms with van der Waals surface area (Å²) in [6.45, 7) is -0.249. The van der Waals surface area contributed by atoms with Crippen molar-refractivity contribution in [1.29, 1.82) is 0 Å². The van der Waals surface area contributed by atoms with Gasteiger partial charge in [0.25, 0.3) is 0 Å². The molecule has 0 amide bonds. The monoisotopic (exact) mass is 238 g/mol. The van der Waals surface area contributed by atoms with Crippen LogP contribution in [-0.4, -0.2) is 30.8 Å². The van der Waals surface area contributed by atoms with Crippen LogP contribution in [0.4, 0.5) is 4.39 Å². The van der Waals surface area contributed by atoms with E-state index in [1.165, 1.54) is 0 Å². The molecule has 1 aromatic rings. The van der Waals surface area contributed by atoms with E-state index in [9.17, 15) is 14.0 Å². The number of benzene rings is 1. The third kappa shape index (κ3) is 2.81. The van der Waals surface area contributed by atoms with Crippen molar-refractivity contribution in [3.8, 4) is 0 Å². The molecule has 1 aromatic carbocycles. The van der Waals surface area contributed by atoms with Crippen LogP contribution in [-0.2, 0) is 14.3 Å². The van der Waals surface area contributed by atoms with E-state index in [0.717, 1.165) is 0 Å². The summed E-state index contributed by atoms with van der Waals surface area (Å²) in [5.74, 6) is -1.15. The molecule has 1 fully saturated rings. The van der Waals surface area contributed by atoms with Crippen molar-refractivity contribution in [2.45, 2.75) is 18.7 Å². The maximum Gasteiger partial charge on any atom is 0.338 e. The normalized spacial score (nSPS) is 23.2. The minimum Gasteiger partial charge on any atom is -0.458 e. The van der Waals surface area contributed by atoms with Crippen molar-refractivity contribution in [2.75, 3.05) is 6.61 Å². The second-order valence-electron chi connectivity index (χ2n) is 3.71. The number of cyclic esters (lactones) is 1. The molecule has 0 bridgehead atoms. The van der Waals surface area contributed by atoms with Gasteiger partial charge < -0.3 is 9.47 Å². The first-order valence-corrected chi connectivity index (χ1v) is 5.22. The smallest absolute Gasteiger partial charge is 0.338 e. The van der Waals surface area contributed by atoms with E-state index in [4.69, 9.17) is 4.74 Å². The Morgan fingerprint density at radius 1 is 1.41 bits per heavy atom. The molecule has 1 saturated heterocycles. The Labute approximate surface area is 97.3 Å². The quantitative estimate of drug-likeness (QED) is 0.749. The number of alkyl halides is 1. The maximum atomic E-state index is 13.2. The van der Waals surface area contributed by atoms with Crippen LogP contribution in [0.1, 0.15) is 16.8 Å². The minimum absolute atomic E-state index is 0.249. The minimum atomic E-state index is -1.40. The van der Waals surface area contributed by atoms with Crippen LogP contribution in [0.3, 0.4) is 0 Å². The lowest BCUT2D eigenvalue weighted by Crippen LogP contribution is -2.25. The fourth-order valence-electron chi connectivity index (χ4n) is 1.54. The first-order valence-electron chi connectivity index (χ1n) is 5.22. The van der Waals surface area contributed by atoms with Gasteiger partial charge in [-0.15, -0.1) is 0 Å². The van der Waals surface area contributed by atoms with Gasteiger partial charge in [-0.1, -0.05) is 18.2 Å². The van der Waals surface area contributed by atoms with Gasteiger partial charge in [-0.05, 0) is 12.1 Å². The molecule has 0 aromatic heterocycles. The van der Waals surface area contributed by atoms with Crippen LogP contribution < -0.4 is 0 Å². The lowest BCUT2D eigenvalue weighted by atomic mass is 10.2. The Morgan fingerprint density at radius 3 is 2.71 bits per heavy atom. The summed E-state index contributed by atoms with van der Waals surface area (Å²) in [4.78, 5) is 22.3. The number of rotatable bonds is 3. The van der Waals surface area contributed by atoms with Gasteiger partial charge in [-0.2, -0.15) is 0 Å². The maximum absolute atomic E-state index is 13.2. The highest BCUT2D eigenvalue weighted by atomic mass is 19.1. The first-order chi connectivity index (χ1) is 8.16. The van der Waals surface area contributed by atoms with E-state index in [0.29, 0.717) is 5.56 Å². The van der Waals surface area contributed by atoms with Crippen molar-refractivity contribution in [1.82, 2.24) is 0 Å². The van der Waals surface area contributed by atoms with Crippen molar-refractivity contribution in [2.24, 2.45) is 0 Å². The van der Waals surface area contributed by atoms with Crippen molar-refractivity contribution in [3.05, 3.63) is 35.9 Å². The first kappa shape index (κ1) is 11.6. The average Bonchev–Trinajstić information content (AvgIpc) is 2.66. The SMILES string of the molecule is O=C1C[C@@H](F)[C@@H](COC(=O)c2ccccc2)O1. The van der Waals surface area contributed by atoms with Crippen LogP contribution in [0.2, 0.25) is 0 Å². The highest BCUT2D eigenvalue weighted by molar-refractivity contribution is 5.89. The highest BCUT2D eigenvalue weighted by Crippen LogP contribution is 2.18. The molecular formula is C12H11FO4. The molecule has 0 aliphatic carbocycles. The summed E-state index contributed by atoms with van der Waals surface area (Å²) in [6.07, 6.45) is -2.64. The summed E-state index contributed by atoms with van der Waals surface area (Å²) in [7, 11) is 0. The number of ether oxygens (including phenoxy) is 2. The summed E-state index contributed by atoms with van der Waals surface area (Å²) in [6, 6.07) is 8.35. The van der Waals surface area contributed by atoms with E-state index in [1.54, 1.807) is 30.3 Å². The van der Waals surface area contributed by atoms with Crippen LogP contribution in [0.25, 0.3) is 0 Å². The largest absolute Gasteiger partial charge is 0.458 e. The predicted octanol–water partition coefficient (Wildman–Crippen LogP) is 1.50. The van der Waals surface area contributed by atoms with Crippen LogP contribution in [0.15, 0.2) is 30.3 Å². The Bertz CT molecular complexity index is 418. The van der Waals surface area contributed by atoms with Gasteiger partial charge in [0, 0.05) is 0 Å². The van der Waals surface area contributed by atoms with Crippen molar-refractivity contribution < 1.29 is 23.5 Å². The Hall–Kier alpha value is -1.91. The van der Waals surface area contributed by atoms with E-state index < -0.39 is 24.2 Å². The zero-order valence-electron chi connectivity index (χ0n) is 8.97. The Morgan fingerprint density at radius 2 is 2.12 bits per heavy atom. The van der Waals surface area contributed by atoms with Crippen molar-refractivity contribution in [3.63, 3.8) is 0 Å². The van der Waals surface area contributed by atoms with E-state index in [2.05, 4.69) is 4.74 Å². The molecule has 2 rings (SSSR count). The number of hydrogen-bond acceptors (Lipinski definition) is 4. The summed E-state index contributed by atoms with van der Waals surface area (Å²) >= 11 is 0. The molecule has 1 aliphatic heterocycles. The molecule has 0 radical (unpaired) electrons. The Kier molecular flexibility index (Phi) is 3.37. The van der Waals surface area contributed by atoms with Gasteiger partial charge in [0.15, 0.2) is 12.3 Å². The molecular weight excluding hydrogens is 227 g/mol. The summed E-state index contributed by atoms with van der Waals surface area (Å²) in [5, 5.41) is 0. The third-order valence-electron chi connectivity index (χ3n) is 2.44. The zero-order chi connectivity index (χ0) is 12.3. The van der Waals surface area contributed by atoms with Gasteiger partial charge in [0.05, 0.1) is 12.0 Å². The van der Waals surface area contributed by atoms with E-state index in [-0.39, 0.29) is 13.0 Å². The molecule has 5 heteroatoms. The molecule has 0 spiro atoms. The summed E-state index contributed by atoms with van der Waals surface area (Å²) in [5.41, 5.74) is 0.382. The average molecular weight is 238 g/mol. The molecule has 2 atom stereocenters. The van der Waals surface area contributed by atoms with Crippen LogP contribution in [0, 0.1) is 0 Å². The second-order valence-corrected chi connectivity index (χ2v) is 3.71. The van der Waals surface area contributed by atoms with E-state index in [1.807, 2.05) is 0 Å². The number of esters is 2. The lowest BCUT2D eigenvalue weighted by molar-refractivity contribution is -0.143. The highest BCUT2D eigenvalue weighted by Gasteiger charge is 2.35. The van der Waals surface area contributed by atoms with E-state index >= 15 is 0 Å². The van der Waals surface area contributed by atoms with Gasteiger partial charge in [0.1, 0.15) is 6.61 Å². The van der Waals surface area contributed by atoms with Gasteiger partial charge in [0.2, 0.25) is 0 Å². The topological polar surface area (TPSA) is 52.6 Å². The zero-order valence-corrected chi connectivity index (χ0v) is 8.97. The Balaban J connectivity index is 1.87. The number of hydrogen-bond donors (Lipinski definition) is 0. The molecule has 90 valence electrons. The standard InChI is InChI=1S/C12H11FO4/c13-9-6-11(14)17-10(9)7-16-12(15)8-4-2-1-3-5-8/h1-5,9-10H,6-7H2/t9-,10-/m1/s1. The molecule has 0 saturated carbocycles. The van der Waals surface area contributed by atoms with Gasteiger partial charge in [-0.25, -0.2) is 9.18 Å². The molecule has 1 aliphatic rings. The lowest BCUT2D eigenvalue weighted by Gasteiger charge is -2.11. The molecule has 17 heavy (non-hydrogen) atoms. The molecule has 0 unspecified atom stereocenters. The number of halogens is 1. The predicted molar refractivity (Wildman–Crippen MR) is 56.1 cm³/mol. The fraction of sp³-hybridized carbons (Fsp3) is 0.333. The van der Waals surface area contributed by atoms with Gasteiger partial charge >= 0.3 is 11.9 Å². The van der Waals surface area contributed by atoms with Gasteiger partial charge in [-0.3, -0.25) is 4.79 Å². The van der Waals surface area contributed by atoms with Crippen molar-refractivity contribution >= 4 is 11.9 Å². The fourth-order valence-corrected chi connectivity index (χ4v) is 1.54. The van der Waals surface area contributed by atoms with Crippen LogP contribution >= 0.6 is 0 Å².